The molecule has 0 fully saturated rings. The molecular weight excluding hydrogens is 301 g/mol. The van der Waals surface area contributed by atoms with Crippen LogP contribution in [0.2, 0.25) is 0 Å². The molecule has 0 radical (unpaired) electrons. The van der Waals surface area contributed by atoms with Crippen LogP contribution in [0, 0.1) is 0 Å². The highest BCUT2D eigenvalue weighted by Gasteiger charge is 2.36. The number of nitrogens with zero attached hydrogens (tertiary/aromatic N) is 1. The van der Waals surface area contributed by atoms with Gasteiger partial charge < -0.3 is 17.1 Å². The summed E-state index contributed by atoms with van der Waals surface area (Å²) in [6.07, 6.45) is 3.27. The van der Waals surface area contributed by atoms with Crippen LogP contribution in [0.15, 0.2) is 40.7 Å². The Bertz CT molecular complexity index is 630. The summed E-state index contributed by atoms with van der Waals surface area (Å²) >= 11 is 6.02. The van der Waals surface area contributed by atoms with E-state index in [0.29, 0.717) is 16.9 Å². The molecule has 0 aliphatic heterocycles. The first-order valence-electron chi connectivity index (χ1n) is 5.69. The highest BCUT2D eigenvalue weighted by molar-refractivity contribution is 6.53. The summed E-state index contributed by atoms with van der Waals surface area (Å²) in [6.45, 7) is 3.23. The molecule has 1 aliphatic rings. The van der Waals surface area contributed by atoms with Crippen LogP contribution in [0.3, 0.4) is 0 Å². The molecule has 1 aromatic rings. The lowest BCUT2D eigenvalue weighted by atomic mass is 9.94. The average molecular weight is 314 g/mol. The van der Waals surface area contributed by atoms with Gasteiger partial charge in [0.25, 0.3) is 11.5 Å². The maximum Gasteiger partial charge on any atom is 0.281 e. The van der Waals surface area contributed by atoms with Gasteiger partial charge in [-0.3, -0.25) is 9.59 Å². The third-order valence-electron chi connectivity index (χ3n) is 3.16. The van der Waals surface area contributed by atoms with E-state index in [1.165, 1.54) is 4.57 Å². The minimum absolute atomic E-state index is 0. The number of carbonyl (C=O) groups is 2. The van der Waals surface area contributed by atoms with E-state index in [0.717, 1.165) is 0 Å². The van der Waals surface area contributed by atoms with Crippen molar-refractivity contribution in [3.63, 3.8) is 0 Å². The predicted molar refractivity (Wildman–Crippen MR) is 70.6 cm³/mol. The number of hydrogen-bond donors (Lipinski definition) is 0. The van der Waals surface area contributed by atoms with Crippen molar-refractivity contribution in [3.05, 3.63) is 40.7 Å². The second-order valence-electron chi connectivity index (χ2n) is 4.22. The number of carbonyl (C=O) groups excluding carboxylic acids is 2. The van der Waals surface area contributed by atoms with Crippen LogP contribution in [0.1, 0.15) is 13.8 Å². The van der Waals surface area contributed by atoms with Crippen LogP contribution in [-0.4, -0.2) is 18.7 Å². The van der Waals surface area contributed by atoms with Crippen LogP contribution in [0.25, 0.3) is 5.70 Å². The summed E-state index contributed by atoms with van der Waals surface area (Å²) in [4.78, 5) is 24.2. The maximum atomic E-state index is 12.2. The number of allylic oxidation sites excluding steroid dienone is 4. The third-order valence-corrected chi connectivity index (χ3v) is 3.51. The molecule has 0 aromatic carbocycles. The van der Waals surface area contributed by atoms with Crippen LogP contribution < -0.4 is 21.7 Å². The molecule has 4 nitrogen and oxygen atoms in total. The number of ether oxygens (including phenoxy) is 1. The first kappa shape index (κ1) is 16.4. The number of Topliss-reactive ketones (excluding diaryl/α,β-unsaturated/α-hetero) is 2. The molecule has 20 heavy (non-hydrogen) atoms. The molecule has 1 aromatic heterocycles. The lowest BCUT2D eigenvalue weighted by Gasteiger charge is -2.12. The van der Waals surface area contributed by atoms with E-state index in [2.05, 4.69) is 0 Å². The molecule has 0 bridgehead atoms. The van der Waals surface area contributed by atoms with Gasteiger partial charge in [0, 0.05) is 23.3 Å². The Balaban J connectivity index is 0.00000200. The Morgan fingerprint density at radius 2 is 1.55 bits per heavy atom. The van der Waals surface area contributed by atoms with E-state index < -0.39 is 0 Å². The van der Waals surface area contributed by atoms with Gasteiger partial charge in [-0.1, -0.05) is 11.6 Å². The fourth-order valence-corrected chi connectivity index (χ4v) is 2.14. The molecule has 0 saturated carbocycles. The zero-order chi connectivity index (χ0) is 14.2. The Morgan fingerprint density at radius 1 is 1.05 bits per heavy atom. The van der Waals surface area contributed by atoms with Crippen molar-refractivity contribution in [1.29, 1.82) is 0 Å². The van der Waals surface area contributed by atoms with Crippen LogP contribution in [0.5, 0.6) is 5.75 Å². The summed E-state index contributed by atoms with van der Waals surface area (Å²) in [7, 11) is 1.55. The quantitative estimate of drug-likeness (QED) is 0.513. The summed E-state index contributed by atoms with van der Waals surface area (Å²) in [5, 5.41) is -0.0525. The molecule has 0 atom stereocenters. The monoisotopic (exact) mass is 313 g/mol. The van der Waals surface area contributed by atoms with Gasteiger partial charge in [-0.25, -0.2) is 0 Å². The van der Waals surface area contributed by atoms with Gasteiger partial charge in [-0.2, -0.15) is 4.57 Å². The van der Waals surface area contributed by atoms with Gasteiger partial charge in [0.05, 0.1) is 7.11 Å². The average Bonchev–Trinajstić information content (AvgIpc) is 2.44. The van der Waals surface area contributed by atoms with Crippen molar-refractivity contribution in [2.24, 2.45) is 0 Å². The van der Waals surface area contributed by atoms with E-state index in [9.17, 15) is 9.59 Å². The minimum atomic E-state index is -0.308. The number of methoxy groups -OCH3 is 1. The molecule has 106 valence electrons. The number of rotatable bonds is 2. The summed E-state index contributed by atoms with van der Waals surface area (Å²) in [5.41, 5.74) is 0.998. The molecule has 2 rings (SSSR count). The van der Waals surface area contributed by atoms with E-state index >= 15 is 0 Å². The van der Waals surface area contributed by atoms with Crippen LogP contribution >= 0.6 is 11.6 Å². The molecule has 6 heteroatoms. The Kier molecular flexibility index (Phi) is 5.09. The number of aromatic nitrogens is 1. The highest BCUT2D eigenvalue weighted by Crippen LogP contribution is 2.26. The van der Waals surface area contributed by atoms with E-state index in [1.54, 1.807) is 45.5 Å². The minimum Gasteiger partial charge on any atom is -1.00 e. The Morgan fingerprint density at radius 3 is 2.05 bits per heavy atom. The van der Waals surface area contributed by atoms with Gasteiger partial charge in [0.15, 0.2) is 17.4 Å². The lowest BCUT2D eigenvalue weighted by Crippen LogP contribution is -3.00. The van der Waals surface area contributed by atoms with Crippen molar-refractivity contribution < 1.29 is 31.3 Å². The van der Waals surface area contributed by atoms with Gasteiger partial charge in [-0.15, -0.1) is 0 Å². The van der Waals surface area contributed by atoms with Crippen molar-refractivity contribution in [2.45, 2.75) is 13.8 Å². The fourth-order valence-electron chi connectivity index (χ4n) is 1.82. The van der Waals surface area contributed by atoms with Gasteiger partial charge in [0.1, 0.15) is 5.75 Å². The zero-order valence-corrected chi connectivity index (χ0v) is 12.7. The highest BCUT2D eigenvalue weighted by atomic mass is 35.5. The molecule has 0 unspecified atom stereocenters. The number of pyridine rings is 1. The molecule has 0 N–H and O–H groups in total. The van der Waals surface area contributed by atoms with Gasteiger partial charge >= 0.3 is 0 Å². The van der Waals surface area contributed by atoms with Crippen LogP contribution in [0.4, 0.5) is 0 Å². The van der Waals surface area contributed by atoms with Crippen molar-refractivity contribution in [1.82, 2.24) is 0 Å². The topological polar surface area (TPSA) is 47.2 Å². The maximum absolute atomic E-state index is 12.2. The van der Waals surface area contributed by atoms with E-state index in [1.807, 2.05) is 0 Å². The van der Waals surface area contributed by atoms with E-state index in [-0.39, 0.29) is 34.7 Å². The van der Waals surface area contributed by atoms with Crippen molar-refractivity contribution in [3.8, 4) is 5.75 Å². The molecule has 0 spiro atoms. The SMILES string of the molecule is COc1cc[n+](C2=C(Cl)C(=O)C(C)=C(C)C2=O)cc1.[Cl-]. The number of halogens is 2. The second-order valence-corrected chi connectivity index (χ2v) is 4.59. The van der Waals surface area contributed by atoms with Crippen molar-refractivity contribution in [2.75, 3.05) is 7.11 Å². The molecular formula is C14H13Cl2NO3. The fraction of sp³-hybridized carbons (Fsp3) is 0.214. The first-order chi connectivity index (χ1) is 8.97. The molecule has 0 amide bonds. The van der Waals surface area contributed by atoms with Gasteiger partial charge in [-0.05, 0) is 13.8 Å². The zero-order valence-electron chi connectivity index (χ0n) is 11.2. The third kappa shape index (κ3) is 2.62. The van der Waals surface area contributed by atoms with E-state index in [4.69, 9.17) is 16.3 Å². The Labute approximate surface area is 128 Å². The first-order valence-corrected chi connectivity index (χ1v) is 6.07. The van der Waals surface area contributed by atoms with Crippen LogP contribution in [-0.2, 0) is 9.59 Å². The molecule has 1 heterocycles. The standard InChI is InChI=1S/C14H13ClNO3.ClH/c1-8-9(2)14(18)12(11(15)13(8)17)16-6-4-10(19-3)5-7-16;/h4-7H,1-3H3;1H/q+1;/p-1. The summed E-state index contributed by atoms with van der Waals surface area (Å²) < 4.78 is 6.57. The van der Waals surface area contributed by atoms with Gasteiger partial charge in [0.2, 0.25) is 5.78 Å². The summed E-state index contributed by atoms with van der Waals surface area (Å²) in [5.74, 6) is 0.111. The largest absolute Gasteiger partial charge is 1.00 e. The second kappa shape index (κ2) is 6.20. The molecule has 0 saturated heterocycles. The smallest absolute Gasteiger partial charge is 0.281 e. The summed E-state index contributed by atoms with van der Waals surface area (Å²) in [6, 6.07) is 3.38. The molecule has 1 aliphatic carbocycles. The normalized spacial score (nSPS) is 15.4. The number of ketones is 2. The predicted octanol–water partition coefficient (Wildman–Crippen LogP) is -1.12. The van der Waals surface area contributed by atoms with Crippen molar-refractivity contribution >= 4 is 28.9 Å². The lowest BCUT2D eigenvalue weighted by molar-refractivity contribution is -0.577. The number of hydrogen-bond acceptors (Lipinski definition) is 3. The Hall–Kier alpha value is -1.65.